The molecule has 1 aromatic rings. The summed E-state index contributed by atoms with van der Waals surface area (Å²) in [6, 6.07) is 7.56. The lowest BCUT2D eigenvalue weighted by Gasteiger charge is -2.12. The summed E-state index contributed by atoms with van der Waals surface area (Å²) in [6.45, 7) is 0. The van der Waals surface area contributed by atoms with Crippen LogP contribution in [0.3, 0.4) is 0 Å². The Morgan fingerprint density at radius 2 is 1.77 bits per heavy atom. The van der Waals surface area contributed by atoms with Gasteiger partial charge in [-0.2, -0.15) is 0 Å². The van der Waals surface area contributed by atoms with Crippen molar-refractivity contribution in [2.45, 2.75) is 57.4 Å². The second-order valence-corrected chi connectivity index (χ2v) is 6.53. The molecule has 2 aliphatic rings. The fourth-order valence-corrected chi connectivity index (χ4v) is 3.13. The van der Waals surface area contributed by atoms with E-state index in [2.05, 4.69) is 10.6 Å². The average Bonchev–Trinajstić information content (AvgIpc) is 3.17. The summed E-state index contributed by atoms with van der Waals surface area (Å²) in [6.07, 6.45) is 8.74. The lowest BCUT2D eigenvalue weighted by atomic mass is 10.0. The molecular formula is C18H24N2O2. The molecule has 4 nitrogen and oxygen atoms in total. The molecular weight excluding hydrogens is 276 g/mol. The summed E-state index contributed by atoms with van der Waals surface area (Å²) in [5.74, 6) is 0.631. The van der Waals surface area contributed by atoms with Crippen molar-refractivity contribution in [3.05, 3.63) is 29.8 Å². The van der Waals surface area contributed by atoms with Gasteiger partial charge in [-0.25, -0.2) is 0 Å². The Balaban J connectivity index is 1.56. The normalized spacial score (nSPS) is 18.2. The van der Waals surface area contributed by atoms with Crippen LogP contribution in [0.1, 0.15) is 61.7 Å². The Morgan fingerprint density at radius 3 is 2.50 bits per heavy atom. The third-order valence-electron chi connectivity index (χ3n) is 4.61. The Kier molecular flexibility index (Phi) is 4.76. The van der Waals surface area contributed by atoms with E-state index in [1.54, 1.807) is 12.1 Å². The van der Waals surface area contributed by atoms with Gasteiger partial charge in [0.15, 0.2) is 0 Å². The molecule has 0 aromatic heterocycles. The number of hydrogen-bond acceptors (Lipinski definition) is 2. The highest BCUT2D eigenvalue weighted by molar-refractivity contribution is 6.03. The Morgan fingerprint density at radius 1 is 1.05 bits per heavy atom. The van der Waals surface area contributed by atoms with Crippen LogP contribution in [0.4, 0.5) is 5.69 Å². The lowest BCUT2D eigenvalue weighted by molar-refractivity contribution is -0.116. The van der Waals surface area contributed by atoms with E-state index in [4.69, 9.17) is 0 Å². The van der Waals surface area contributed by atoms with Crippen LogP contribution < -0.4 is 10.6 Å². The van der Waals surface area contributed by atoms with Gasteiger partial charge in [0.05, 0.1) is 11.3 Å². The number of carbonyl (C=O) groups excluding carboxylic acids is 2. The molecule has 2 amide bonds. The van der Waals surface area contributed by atoms with Crippen molar-refractivity contribution in [1.82, 2.24) is 5.32 Å². The van der Waals surface area contributed by atoms with Crippen molar-refractivity contribution < 1.29 is 9.59 Å². The van der Waals surface area contributed by atoms with Crippen LogP contribution in [-0.2, 0) is 4.79 Å². The molecule has 0 atom stereocenters. The first-order valence-corrected chi connectivity index (χ1v) is 8.42. The zero-order chi connectivity index (χ0) is 15.4. The van der Waals surface area contributed by atoms with E-state index in [1.165, 1.54) is 25.7 Å². The summed E-state index contributed by atoms with van der Waals surface area (Å²) in [4.78, 5) is 24.3. The van der Waals surface area contributed by atoms with Gasteiger partial charge >= 0.3 is 0 Å². The van der Waals surface area contributed by atoms with Gasteiger partial charge < -0.3 is 10.6 Å². The van der Waals surface area contributed by atoms with Gasteiger partial charge in [-0.1, -0.05) is 37.8 Å². The first-order valence-electron chi connectivity index (χ1n) is 8.42. The van der Waals surface area contributed by atoms with Crippen LogP contribution in [0, 0.1) is 5.92 Å². The molecule has 4 heteroatoms. The van der Waals surface area contributed by atoms with Crippen molar-refractivity contribution in [1.29, 1.82) is 0 Å². The highest BCUT2D eigenvalue weighted by Gasteiger charge is 2.25. The molecule has 0 unspecified atom stereocenters. The van der Waals surface area contributed by atoms with Crippen LogP contribution in [0.2, 0.25) is 0 Å². The van der Waals surface area contributed by atoms with Crippen molar-refractivity contribution >= 4 is 17.5 Å². The van der Waals surface area contributed by atoms with Gasteiger partial charge in [-0.3, -0.25) is 9.59 Å². The maximum atomic E-state index is 12.2. The Bertz CT molecular complexity index is 546. The van der Waals surface area contributed by atoms with E-state index in [9.17, 15) is 9.59 Å². The van der Waals surface area contributed by atoms with Crippen LogP contribution in [0.5, 0.6) is 0 Å². The van der Waals surface area contributed by atoms with Crippen molar-refractivity contribution in [3.8, 4) is 0 Å². The molecule has 3 rings (SSSR count). The molecule has 0 bridgehead atoms. The average molecular weight is 300 g/mol. The molecule has 0 spiro atoms. The van der Waals surface area contributed by atoms with Crippen LogP contribution in [0.25, 0.3) is 0 Å². The standard InChI is InChI=1S/C18H24N2O2/c21-17(12-9-13-5-1-2-6-13)20-16-8-4-3-7-15(16)18(22)19-14-10-11-14/h3-4,7-8,13-14H,1-2,5-6,9-12H2,(H,19,22)(H,20,21). The summed E-state index contributed by atoms with van der Waals surface area (Å²) < 4.78 is 0. The van der Waals surface area contributed by atoms with Crippen molar-refractivity contribution in [3.63, 3.8) is 0 Å². The Labute approximate surface area is 131 Å². The van der Waals surface area contributed by atoms with Gasteiger partial charge in [-0.15, -0.1) is 0 Å². The molecule has 0 radical (unpaired) electrons. The van der Waals surface area contributed by atoms with E-state index in [0.29, 0.717) is 29.6 Å². The topological polar surface area (TPSA) is 58.2 Å². The second-order valence-electron chi connectivity index (χ2n) is 6.53. The van der Waals surface area contributed by atoms with Crippen molar-refractivity contribution in [2.75, 3.05) is 5.32 Å². The molecule has 2 saturated carbocycles. The molecule has 22 heavy (non-hydrogen) atoms. The van der Waals surface area contributed by atoms with E-state index in [-0.39, 0.29) is 11.8 Å². The van der Waals surface area contributed by atoms with Gasteiger partial charge in [0.1, 0.15) is 0 Å². The summed E-state index contributed by atoms with van der Waals surface area (Å²) >= 11 is 0. The van der Waals surface area contributed by atoms with E-state index >= 15 is 0 Å². The maximum absolute atomic E-state index is 12.2. The van der Waals surface area contributed by atoms with Gasteiger partial charge in [0.2, 0.25) is 5.91 Å². The van der Waals surface area contributed by atoms with E-state index < -0.39 is 0 Å². The molecule has 2 N–H and O–H groups in total. The largest absolute Gasteiger partial charge is 0.349 e. The van der Waals surface area contributed by atoms with E-state index in [1.807, 2.05) is 12.1 Å². The van der Waals surface area contributed by atoms with Gasteiger partial charge in [0.25, 0.3) is 5.91 Å². The predicted molar refractivity (Wildman–Crippen MR) is 86.8 cm³/mol. The van der Waals surface area contributed by atoms with Crippen LogP contribution in [-0.4, -0.2) is 17.9 Å². The molecule has 2 fully saturated rings. The number of benzene rings is 1. The number of para-hydroxylation sites is 1. The third kappa shape index (κ3) is 4.09. The third-order valence-corrected chi connectivity index (χ3v) is 4.61. The minimum Gasteiger partial charge on any atom is -0.349 e. The molecule has 118 valence electrons. The fourth-order valence-electron chi connectivity index (χ4n) is 3.13. The summed E-state index contributed by atoms with van der Waals surface area (Å²) in [5, 5.41) is 5.88. The molecule has 0 saturated heterocycles. The van der Waals surface area contributed by atoms with Crippen LogP contribution in [0.15, 0.2) is 24.3 Å². The molecule has 0 heterocycles. The number of amides is 2. The monoisotopic (exact) mass is 300 g/mol. The zero-order valence-electron chi connectivity index (χ0n) is 12.9. The molecule has 0 aliphatic heterocycles. The minimum absolute atomic E-state index is 0.0126. The SMILES string of the molecule is O=C(CCC1CCCC1)Nc1ccccc1C(=O)NC1CC1. The van der Waals surface area contributed by atoms with Crippen molar-refractivity contribution in [2.24, 2.45) is 5.92 Å². The van der Waals surface area contributed by atoms with Gasteiger partial charge in [0, 0.05) is 12.5 Å². The van der Waals surface area contributed by atoms with Gasteiger partial charge in [-0.05, 0) is 37.3 Å². The second kappa shape index (κ2) is 6.95. The quantitative estimate of drug-likeness (QED) is 0.845. The zero-order valence-corrected chi connectivity index (χ0v) is 12.9. The predicted octanol–water partition coefficient (Wildman–Crippen LogP) is 3.49. The molecule has 1 aromatic carbocycles. The van der Waals surface area contributed by atoms with E-state index in [0.717, 1.165) is 19.3 Å². The fraction of sp³-hybridized carbons (Fsp3) is 0.556. The first-order chi connectivity index (χ1) is 10.7. The van der Waals surface area contributed by atoms with Crippen LogP contribution >= 0.6 is 0 Å². The number of anilines is 1. The molecule has 2 aliphatic carbocycles. The lowest BCUT2D eigenvalue weighted by Crippen LogP contribution is -2.27. The summed E-state index contributed by atoms with van der Waals surface area (Å²) in [5.41, 5.74) is 1.18. The highest BCUT2D eigenvalue weighted by Crippen LogP contribution is 2.28. The smallest absolute Gasteiger partial charge is 0.253 e. The minimum atomic E-state index is -0.0887. The maximum Gasteiger partial charge on any atom is 0.253 e. The highest BCUT2D eigenvalue weighted by atomic mass is 16.2. The number of rotatable bonds is 6. The number of hydrogen-bond donors (Lipinski definition) is 2. The first kappa shape index (κ1) is 15.1. The number of nitrogens with one attached hydrogen (secondary N) is 2. The Hall–Kier alpha value is -1.84. The number of carbonyl (C=O) groups is 2. The summed E-state index contributed by atoms with van der Waals surface area (Å²) in [7, 11) is 0.